The number of nitrogens with zero attached hydrogens (tertiary/aromatic N) is 2. The van der Waals surface area contributed by atoms with Gasteiger partial charge in [-0.3, -0.25) is 19.3 Å². The van der Waals surface area contributed by atoms with Crippen LogP contribution in [0.15, 0.2) is 57.1 Å². The van der Waals surface area contributed by atoms with Gasteiger partial charge in [0.05, 0.1) is 29.1 Å². The minimum Gasteiger partial charge on any atom is -0.378 e. The Kier molecular flexibility index (Phi) is 10.5. The summed E-state index contributed by atoms with van der Waals surface area (Å²) in [7, 11) is -3.69. The Morgan fingerprint density at radius 3 is 2.56 bits per heavy atom. The Hall–Kier alpha value is -3.49. The van der Waals surface area contributed by atoms with E-state index in [2.05, 4.69) is 44.3 Å². The molecule has 1 amide bonds. The molecule has 1 aliphatic carbocycles. The van der Waals surface area contributed by atoms with Gasteiger partial charge >= 0.3 is 0 Å². The van der Waals surface area contributed by atoms with E-state index in [1.807, 2.05) is 31.2 Å². The van der Waals surface area contributed by atoms with Gasteiger partial charge in [-0.25, -0.2) is 8.42 Å². The number of amides is 1. The Bertz CT molecular complexity index is 1630. The number of sulfonamides is 1. The summed E-state index contributed by atoms with van der Waals surface area (Å²) in [4.78, 5) is 30.0. The molecule has 9 nitrogen and oxygen atoms in total. The third-order valence-electron chi connectivity index (χ3n) is 7.80. The number of anilines is 3. The molecule has 3 N–H and O–H groups in total. The van der Waals surface area contributed by atoms with Crippen molar-refractivity contribution in [3.8, 4) is 6.07 Å². The molecule has 3 unspecified atom stereocenters. The van der Waals surface area contributed by atoms with Crippen molar-refractivity contribution in [3.05, 3.63) is 63.3 Å². The second-order valence-electron chi connectivity index (χ2n) is 11.2. The molecule has 0 spiro atoms. The molecule has 43 heavy (non-hydrogen) atoms. The van der Waals surface area contributed by atoms with Crippen molar-refractivity contribution < 1.29 is 18.0 Å². The van der Waals surface area contributed by atoms with Crippen LogP contribution in [0, 0.1) is 23.2 Å². The van der Waals surface area contributed by atoms with Gasteiger partial charge < -0.3 is 10.6 Å². The van der Waals surface area contributed by atoms with Crippen LogP contribution in [0.5, 0.6) is 0 Å². The van der Waals surface area contributed by atoms with Crippen LogP contribution in [0.1, 0.15) is 76.8 Å². The lowest BCUT2D eigenvalue weighted by molar-refractivity contribution is -0.117. The zero-order valence-electron chi connectivity index (χ0n) is 25.0. The second kappa shape index (κ2) is 13.9. The van der Waals surface area contributed by atoms with E-state index in [0.717, 1.165) is 24.1 Å². The first-order valence-corrected chi connectivity index (χ1v) is 17.1. The van der Waals surface area contributed by atoms with Gasteiger partial charge in [-0.15, -0.1) is 0 Å². The van der Waals surface area contributed by atoms with Crippen LogP contribution in [-0.2, 0) is 26.2 Å². The molecule has 2 aromatic carbocycles. The maximum atomic E-state index is 13.6. The molecule has 3 atom stereocenters. The Morgan fingerprint density at radius 1 is 1.14 bits per heavy atom. The number of halogens is 1. The molecule has 0 aromatic heterocycles. The summed E-state index contributed by atoms with van der Waals surface area (Å²) in [6, 6.07) is 13.3. The Labute approximate surface area is 262 Å². The van der Waals surface area contributed by atoms with Gasteiger partial charge in [0.15, 0.2) is 5.78 Å². The normalized spacial score (nSPS) is 20.1. The number of Topliss-reactive ketones (excluding diaryl/α,β-unsaturated/α-hetero) is 1. The SMILES string of the molecule is CCCC1CC(=O)C2=C(C1)N=C(C)C(C#N)C2c1cc(Br)c(NCc2ccccc2NC(C)=O)c(NS(=O)(=O)CCC)c1. The summed E-state index contributed by atoms with van der Waals surface area (Å²) in [6.45, 7) is 7.44. The molecule has 2 aliphatic rings. The number of carbonyl (C=O) groups excluding carboxylic acids is 2. The molecule has 11 heteroatoms. The highest BCUT2D eigenvalue weighted by Gasteiger charge is 2.41. The summed E-state index contributed by atoms with van der Waals surface area (Å²) in [5, 5.41) is 16.4. The fourth-order valence-electron chi connectivity index (χ4n) is 6.00. The molecule has 4 rings (SSSR count). The minimum absolute atomic E-state index is 0.00205. The van der Waals surface area contributed by atoms with E-state index in [4.69, 9.17) is 4.99 Å². The Balaban J connectivity index is 1.80. The zero-order valence-corrected chi connectivity index (χ0v) is 27.4. The first kappa shape index (κ1) is 32.4. The fraction of sp³-hybridized carbons (Fsp3) is 0.438. The summed E-state index contributed by atoms with van der Waals surface area (Å²) in [5.41, 5.74) is 4.87. The minimum atomic E-state index is -3.69. The molecular formula is C32H38BrN5O4S. The molecule has 228 valence electrons. The van der Waals surface area contributed by atoms with E-state index < -0.39 is 21.9 Å². The van der Waals surface area contributed by atoms with Gasteiger partial charge in [0.1, 0.15) is 0 Å². The lowest BCUT2D eigenvalue weighted by Gasteiger charge is -2.35. The molecule has 0 bridgehead atoms. The maximum Gasteiger partial charge on any atom is 0.232 e. The van der Waals surface area contributed by atoms with Crippen LogP contribution in [0.3, 0.4) is 0 Å². The number of benzene rings is 2. The number of nitrogens with one attached hydrogen (secondary N) is 3. The highest BCUT2D eigenvalue weighted by molar-refractivity contribution is 9.10. The van der Waals surface area contributed by atoms with Gasteiger partial charge in [0, 0.05) is 52.9 Å². The number of rotatable bonds is 11. The number of para-hydroxylation sites is 1. The number of hydrogen-bond acceptors (Lipinski definition) is 7. The van der Waals surface area contributed by atoms with Gasteiger partial charge in [-0.2, -0.15) is 5.26 Å². The van der Waals surface area contributed by atoms with E-state index in [1.54, 1.807) is 19.1 Å². The monoisotopic (exact) mass is 667 g/mol. The number of aliphatic imine (C=N–C) groups is 1. The number of hydrogen-bond donors (Lipinski definition) is 3. The molecule has 0 radical (unpaired) electrons. The van der Waals surface area contributed by atoms with Crippen LogP contribution in [0.4, 0.5) is 17.1 Å². The highest BCUT2D eigenvalue weighted by atomic mass is 79.9. The van der Waals surface area contributed by atoms with Crippen molar-refractivity contribution in [2.45, 2.75) is 72.3 Å². The third-order valence-corrected chi connectivity index (χ3v) is 9.90. The lowest BCUT2D eigenvalue weighted by atomic mass is 9.70. The van der Waals surface area contributed by atoms with E-state index in [9.17, 15) is 23.3 Å². The smallest absolute Gasteiger partial charge is 0.232 e. The maximum absolute atomic E-state index is 13.6. The lowest BCUT2D eigenvalue weighted by Crippen LogP contribution is -2.33. The number of allylic oxidation sites excluding steroid dienone is 2. The standard InChI is InChI=1S/C32H38BrN5O4S/c1-5-9-21-13-27-31(29(40)14-21)30(24(17-34)19(3)36-27)23-15-25(33)32(28(16-23)38-43(41,42)12-6-2)35-18-22-10-7-8-11-26(22)37-20(4)39/h7-8,10-11,15-16,21,24,30,35,38H,5-6,9,12-14,18H2,1-4H3,(H,37,39). The zero-order chi connectivity index (χ0) is 31.3. The third kappa shape index (κ3) is 7.54. The summed E-state index contributed by atoms with van der Waals surface area (Å²) in [6.07, 6.45) is 3.45. The van der Waals surface area contributed by atoms with Gasteiger partial charge in [0.2, 0.25) is 15.9 Å². The van der Waals surface area contributed by atoms with Crippen molar-refractivity contribution >= 4 is 60.4 Å². The van der Waals surface area contributed by atoms with Crippen molar-refractivity contribution in [3.63, 3.8) is 0 Å². The quantitative estimate of drug-likeness (QED) is 0.238. The largest absolute Gasteiger partial charge is 0.378 e. The van der Waals surface area contributed by atoms with Gasteiger partial charge in [-0.05, 0) is 77.4 Å². The van der Waals surface area contributed by atoms with Crippen LogP contribution in [0.25, 0.3) is 0 Å². The van der Waals surface area contributed by atoms with Crippen LogP contribution in [0.2, 0.25) is 0 Å². The molecule has 0 saturated heterocycles. The molecular weight excluding hydrogens is 630 g/mol. The first-order chi connectivity index (χ1) is 20.5. The molecule has 0 fully saturated rings. The van der Waals surface area contributed by atoms with Gasteiger partial charge in [0.25, 0.3) is 0 Å². The molecule has 0 saturated carbocycles. The van der Waals surface area contributed by atoms with Crippen LogP contribution >= 0.6 is 15.9 Å². The van der Waals surface area contributed by atoms with E-state index >= 15 is 0 Å². The number of nitriles is 1. The summed E-state index contributed by atoms with van der Waals surface area (Å²) in [5.74, 6) is -1.28. The molecule has 2 aromatic rings. The average Bonchev–Trinajstić information content (AvgIpc) is 2.92. The van der Waals surface area contributed by atoms with Gasteiger partial charge in [-0.1, -0.05) is 38.5 Å². The van der Waals surface area contributed by atoms with Crippen molar-refractivity contribution in [1.29, 1.82) is 5.26 Å². The molecule has 1 aliphatic heterocycles. The van der Waals surface area contributed by atoms with E-state index in [-0.39, 0.29) is 23.4 Å². The topological polar surface area (TPSA) is 141 Å². The molecule has 1 heterocycles. The predicted octanol–water partition coefficient (Wildman–Crippen LogP) is 6.90. The first-order valence-electron chi connectivity index (χ1n) is 14.6. The van der Waals surface area contributed by atoms with E-state index in [0.29, 0.717) is 64.2 Å². The summed E-state index contributed by atoms with van der Waals surface area (Å²) < 4.78 is 29.3. The highest BCUT2D eigenvalue weighted by Crippen LogP contribution is 2.47. The average molecular weight is 669 g/mol. The fourth-order valence-corrected chi connectivity index (χ4v) is 7.76. The van der Waals surface area contributed by atoms with Crippen molar-refractivity contribution in [2.24, 2.45) is 16.8 Å². The number of carbonyl (C=O) groups is 2. The predicted molar refractivity (Wildman–Crippen MR) is 175 cm³/mol. The van der Waals surface area contributed by atoms with Crippen LogP contribution < -0.4 is 15.4 Å². The van der Waals surface area contributed by atoms with Crippen molar-refractivity contribution in [1.82, 2.24) is 0 Å². The van der Waals surface area contributed by atoms with Crippen molar-refractivity contribution in [2.75, 3.05) is 21.1 Å². The van der Waals surface area contributed by atoms with E-state index in [1.165, 1.54) is 6.92 Å². The Morgan fingerprint density at radius 2 is 1.88 bits per heavy atom. The summed E-state index contributed by atoms with van der Waals surface area (Å²) >= 11 is 3.65. The second-order valence-corrected chi connectivity index (χ2v) is 13.9. The number of ketones is 1. The van der Waals surface area contributed by atoms with Crippen LogP contribution in [-0.4, -0.2) is 31.6 Å².